The fourth-order valence-corrected chi connectivity index (χ4v) is 7.54. The summed E-state index contributed by atoms with van der Waals surface area (Å²) in [6.07, 6.45) is 6.37. The molecule has 3 aliphatic carbocycles. The minimum Gasteiger partial charge on any atom is -0.493 e. The Morgan fingerprint density at radius 2 is 1.85 bits per heavy atom. The molecule has 6 nitrogen and oxygen atoms in total. The second-order valence-electron chi connectivity index (χ2n) is 11.8. The van der Waals surface area contributed by atoms with E-state index in [0.717, 1.165) is 49.2 Å². The summed E-state index contributed by atoms with van der Waals surface area (Å²) in [4.78, 5) is 12.6. The predicted molar refractivity (Wildman–Crippen MR) is 153 cm³/mol. The van der Waals surface area contributed by atoms with Gasteiger partial charge in [0.2, 0.25) is 0 Å². The van der Waals surface area contributed by atoms with E-state index in [0.29, 0.717) is 41.3 Å². The van der Waals surface area contributed by atoms with Crippen LogP contribution in [0.3, 0.4) is 0 Å². The normalized spacial score (nSPS) is 27.2. The van der Waals surface area contributed by atoms with Gasteiger partial charge in [0, 0.05) is 5.56 Å². The molecule has 3 aliphatic rings. The van der Waals surface area contributed by atoms with E-state index in [9.17, 15) is 9.90 Å². The maximum absolute atomic E-state index is 12.6. The third-order valence-electron chi connectivity index (χ3n) is 9.78. The standard InChI is InChI=1S/C33H38N2O4/c1-33-16-15-23-24(26(33)13-14-31(33)36)12-11-22-17-30(29(38-2)18-25(22)23)39-19-20-7-9-21(10-8-20)32(37)35-28-6-4-3-5-27(28)34/h3-10,17-18,23-24,26,31,36H,11-16,19,34H2,1-2H3,(H,35,37)/t23-,24+,26-,31-,33-/m1/s1. The third-order valence-corrected chi connectivity index (χ3v) is 9.78. The van der Waals surface area contributed by atoms with Crippen molar-refractivity contribution >= 4 is 17.3 Å². The van der Waals surface area contributed by atoms with Gasteiger partial charge < -0.3 is 25.6 Å². The Labute approximate surface area is 230 Å². The van der Waals surface area contributed by atoms with E-state index in [2.05, 4.69) is 24.4 Å². The van der Waals surface area contributed by atoms with Crippen LogP contribution in [0.15, 0.2) is 60.7 Å². The monoisotopic (exact) mass is 526 g/mol. The van der Waals surface area contributed by atoms with Gasteiger partial charge in [-0.2, -0.15) is 0 Å². The van der Waals surface area contributed by atoms with Crippen LogP contribution in [0.5, 0.6) is 11.5 Å². The zero-order valence-electron chi connectivity index (χ0n) is 22.8. The number of nitrogens with two attached hydrogens (primary N) is 1. The van der Waals surface area contributed by atoms with E-state index >= 15 is 0 Å². The molecule has 3 aromatic carbocycles. The fraction of sp³-hybridized carbons (Fsp3) is 0.424. The highest BCUT2D eigenvalue weighted by molar-refractivity contribution is 6.05. The highest BCUT2D eigenvalue weighted by atomic mass is 16.5. The lowest BCUT2D eigenvalue weighted by atomic mass is 9.55. The van der Waals surface area contributed by atoms with Gasteiger partial charge in [0.05, 0.1) is 24.6 Å². The Bertz CT molecular complexity index is 1370. The number of ether oxygens (including phenoxy) is 2. The summed E-state index contributed by atoms with van der Waals surface area (Å²) in [5.41, 5.74) is 11.5. The molecule has 6 heteroatoms. The average Bonchev–Trinajstić information content (AvgIpc) is 3.26. The maximum atomic E-state index is 12.6. The van der Waals surface area contributed by atoms with E-state index < -0.39 is 0 Å². The summed E-state index contributed by atoms with van der Waals surface area (Å²) >= 11 is 0. The highest BCUT2D eigenvalue weighted by Gasteiger charge is 2.54. The molecular weight excluding hydrogens is 488 g/mol. The fourth-order valence-electron chi connectivity index (χ4n) is 7.54. The van der Waals surface area contributed by atoms with Crippen LogP contribution in [-0.2, 0) is 13.0 Å². The van der Waals surface area contributed by atoms with Crippen molar-refractivity contribution in [3.8, 4) is 11.5 Å². The number of carbonyl (C=O) groups excluding carboxylic acids is 1. The van der Waals surface area contributed by atoms with Gasteiger partial charge in [-0.1, -0.05) is 31.2 Å². The number of para-hydroxylation sites is 2. The number of nitrogen functional groups attached to an aromatic ring is 1. The number of anilines is 2. The number of aliphatic hydroxyl groups excluding tert-OH is 1. The van der Waals surface area contributed by atoms with Crippen LogP contribution in [0.2, 0.25) is 0 Å². The molecule has 4 N–H and O–H groups in total. The van der Waals surface area contributed by atoms with E-state index in [-0.39, 0.29) is 17.4 Å². The lowest BCUT2D eigenvalue weighted by Gasteiger charge is -2.50. The molecule has 0 unspecified atom stereocenters. The first-order chi connectivity index (χ1) is 18.9. The molecule has 5 atom stereocenters. The molecule has 2 fully saturated rings. The second kappa shape index (κ2) is 10.2. The molecule has 0 saturated heterocycles. The van der Waals surface area contributed by atoms with Crippen molar-refractivity contribution in [3.05, 3.63) is 82.9 Å². The van der Waals surface area contributed by atoms with Gasteiger partial charge in [-0.15, -0.1) is 0 Å². The Hall–Kier alpha value is -3.51. The summed E-state index contributed by atoms with van der Waals surface area (Å²) < 4.78 is 12.0. The number of fused-ring (bicyclic) bond motifs is 5. The van der Waals surface area contributed by atoms with Crippen LogP contribution >= 0.6 is 0 Å². The molecule has 0 spiro atoms. The van der Waals surface area contributed by atoms with Crippen LogP contribution in [0.4, 0.5) is 11.4 Å². The molecule has 0 radical (unpaired) electrons. The molecule has 0 bridgehead atoms. The first kappa shape index (κ1) is 25.8. The number of amides is 1. The quantitative estimate of drug-likeness (QED) is 0.327. The third kappa shape index (κ3) is 4.65. The molecule has 0 aliphatic heterocycles. The number of carbonyl (C=O) groups is 1. The van der Waals surface area contributed by atoms with Crippen LogP contribution in [0.1, 0.15) is 72.0 Å². The molecule has 1 amide bonds. The first-order valence-corrected chi connectivity index (χ1v) is 14.1. The smallest absolute Gasteiger partial charge is 0.255 e. The number of hydrogen-bond acceptors (Lipinski definition) is 5. The van der Waals surface area contributed by atoms with Gasteiger partial charge in [-0.05, 0) is 115 Å². The van der Waals surface area contributed by atoms with E-state index in [1.54, 1.807) is 31.4 Å². The van der Waals surface area contributed by atoms with Gasteiger partial charge >= 0.3 is 0 Å². The minimum absolute atomic E-state index is 0.0803. The number of benzene rings is 3. The van der Waals surface area contributed by atoms with E-state index in [1.165, 1.54) is 17.5 Å². The van der Waals surface area contributed by atoms with Gasteiger partial charge in [0.15, 0.2) is 11.5 Å². The van der Waals surface area contributed by atoms with Crippen molar-refractivity contribution in [1.29, 1.82) is 0 Å². The number of nitrogens with one attached hydrogen (secondary N) is 1. The number of rotatable bonds is 6. The maximum Gasteiger partial charge on any atom is 0.255 e. The molecule has 0 heterocycles. The van der Waals surface area contributed by atoms with E-state index in [4.69, 9.17) is 15.2 Å². The summed E-state index contributed by atoms with van der Waals surface area (Å²) in [6, 6.07) is 19.0. The van der Waals surface area contributed by atoms with Crippen LogP contribution in [0, 0.1) is 17.3 Å². The van der Waals surface area contributed by atoms with Gasteiger partial charge in [0.25, 0.3) is 5.91 Å². The highest BCUT2D eigenvalue weighted by Crippen LogP contribution is 2.61. The topological polar surface area (TPSA) is 93.8 Å². The minimum atomic E-state index is -0.204. The number of aliphatic hydroxyl groups is 1. The van der Waals surface area contributed by atoms with Crippen LogP contribution in [-0.4, -0.2) is 24.2 Å². The number of hydrogen-bond donors (Lipinski definition) is 3. The Morgan fingerprint density at radius 3 is 2.62 bits per heavy atom. The van der Waals surface area contributed by atoms with Gasteiger partial charge in [-0.3, -0.25) is 4.79 Å². The Balaban J connectivity index is 1.14. The molecule has 39 heavy (non-hydrogen) atoms. The lowest BCUT2D eigenvalue weighted by Crippen LogP contribution is -2.43. The summed E-state index contributed by atoms with van der Waals surface area (Å²) in [5.74, 6) is 3.10. The second-order valence-corrected chi connectivity index (χ2v) is 11.8. The molecule has 6 rings (SSSR count). The van der Waals surface area contributed by atoms with Gasteiger partial charge in [0.1, 0.15) is 6.61 Å². The van der Waals surface area contributed by atoms with Crippen molar-refractivity contribution in [1.82, 2.24) is 0 Å². The zero-order valence-corrected chi connectivity index (χ0v) is 22.8. The number of methoxy groups -OCH3 is 1. The average molecular weight is 527 g/mol. The molecular formula is C33H38N2O4. The lowest BCUT2D eigenvalue weighted by molar-refractivity contribution is -0.0226. The van der Waals surface area contributed by atoms with Crippen molar-refractivity contribution in [2.45, 2.75) is 64.1 Å². The predicted octanol–water partition coefficient (Wildman–Crippen LogP) is 6.33. The first-order valence-electron chi connectivity index (χ1n) is 14.1. The van der Waals surface area contributed by atoms with E-state index in [1.807, 2.05) is 24.3 Å². The van der Waals surface area contributed by atoms with Crippen LogP contribution in [0.25, 0.3) is 0 Å². The molecule has 204 valence electrons. The van der Waals surface area contributed by atoms with Crippen molar-refractivity contribution < 1.29 is 19.4 Å². The largest absolute Gasteiger partial charge is 0.493 e. The Kier molecular flexibility index (Phi) is 6.76. The summed E-state index contributed by atoms with van der Waals surface area (Å²) in [6.45, 7) is 2.70. The SMILES string of the molecule is COc1cc2c(cc1OCc1ccc(C(=O)Nc3ccccc3N)cc1)CC[C@@H]1[C@H]3CC[C@@H](O)[C@]3(C)CC[C@@H]21. The summed E-state index contributed by atoms with van der Waals surface area (Å²) in [7, 11) is 1.70. The summed E-state index contributed by atoms with van der Waals surface area (Å²) in [5, 5.41) is 13.6. The van der Waals surface area contributed by atoms with Crippen LogP contribution < -0.4 is 20.5 Å². The van der Waals surface area contributed by atoms with Crippen molar-refractivity contribution in [2.24, 2.45) is 17.3 Å². The Morgan fingerprint density at radius 1 is 1.05 bits per heavy atom. The van der Waals surface area contributed by atoms with Crippen molar-refractivity contribution in [3.63, 3.8) is 0 Å². The molecule has 3 aromatic rings. The zero-order chi connectivity index (χ0) is 27.1. The van der Waals surface area contributed by atoms with Gasteiger partial charge in [-0.25, -0.2) is 0 Å². The number of aryl methyl sites for hydroxylation is 1. The molecule has 0 aromatic heterocycles. The van der Waals surface area contributed by atoms with Crippen molar-refractivity contribution in [2.75, 3.05) is 18.2 Å². The molecule has 2 saturated carbocycles.